The summed E-state index contributed by atoms with van der Waals surface area (Å²) in [5, 5.41) is 23.8. The molecule has 0 spiro atoms. The third-order valence-electron chi connectivity index (χ3n) is 2.85. The Labute approximate surface area is 148 Å². The van der Waals surface area contributed by atoms with Crippen LogP contribution in [0.2, 0.25) is 0 Å². The van der Waals surface area contributed by atoms with Gasteiger partial charge in [0.2, 0.25) is 17.7 Å². The van der Waals surface area contributed by atoms with Crippen LogP contribution in [0.1, 0.15) is 12.8 Å². The van der Waals surface area contributed by atoms with E-state index < -0.39 is 61.3 Å². The maximum atomic E-state index is 11.6. The second kappa shape index (κ2) is 12.1. The van der Waals surface area contributed by atoms with E-state index in [9.17, 15) is 24.0 Å². The summed E-state index contributed by atoms with van der Waals surface area (Å²) in [5.41, 5.74) is 5.61. The molecule has 0 aliphatic heterocycles. The van der Waals surface area contributed by atoms with Crippen molar-refractivity contribution in [3.63, 3.8) is 0 Å². The highest BCUT2D eigenvalue weighted by Crippen LogP contribution is 1.98. The average molecular weight is 378 g/mol. The number of carboxylic acid groups (broad SMARTS) is 2. The molecule has 7 N–H and O–H groups in total. The zero-order chi connectivity index (χ0) is 19.4. The van der Waals surface area contributed by atoms with E-state index in [1.807, 2.05) is 11.6 Å². The van der Waals surface area contributed by atoms with Crippen LogP contribution in [0.3, 0.4) is 0 Å². The molecule has 0 aromatic carbocycles. The smallest absolute Gasteiger partial charge is 0.326 e. The molecule has 11 nitrogen and oxygen atoms in total. The van der Waals surface area contributed by atoms with Gasteiger partial charge in [-0.2, -0.15) is 11.8 Å². The SMILES string of the molecule is CSCCC(N)C(=O)NCC(=O)NCC(=O)NC(CC(=O)O)C(=O)O. The van der Waals surface area contributed by atoms with E-state index in [0.717, 1.165) is 0 Å². The number of thioether (sulfide) groups is 1. The Hall–Kier alpha value is -2.34. The van der Waals surface area contributed by atoms with Crippen LogP contribution in [0, 0.1) is 0 Å². The Kier molecular flexibility index (Phi) is 11.0. The summed E-state index contributed by atoms with van der Waals surface area (Å²) in [4.78, 5) is 55.9. The highest BCUT2D eigenvalue weighted by molar-refractivity contribution is 7.98. The zero-order valence-corrected chi connectivity index (χ0v) is 14.4. The van der Waals surface area contributed by atoms with Gasteiger partial charge in [0.1, 0.15) is 6.04 Å². The third kappa shape index (κ3) is 10.9. The maximum absolute atomic E-state index is 11.6. The molecule has 0 aromatic rings. The number of amides is 3. The Morgan fingerprint density at radius 3 is 2.16 bits per heavy atom. The number of hydrogen-bond acceptors (Lipinski definition) is 7. The highest BCUT2D eigenvalue weighted by Gasteiger charge is 2.23. The summed E-state index contributed by atoms with van der Waals surface area (Å²) >= 11 is 1.53. The van der Waals surface area contributed by atoms with Crippen LogP contribution in [0.4, 0.5) is 0 Å². The summed E-state index contributed by atoms with van der Waals surface area (Å²) in [6.45, 7) is -0.951. The molecule has 142 valence electrons. The van der Waals surface area contributed by atoms with Crippen molar-refractivity contribution in [2.45, 2.75) is 24.9 Å². The summed E-state index contributed by atoms with van der Waals surface area (Å²) < 4.78 is 0. The molecule has 0 rings (SSSR count). The van der Waals surface area contributed by atoms with E-state index in [4.69, 9.17) is 15.9 Å². The summed E-state index contributed by atoms with van der Waals surface area (Å²) in [6, 6.07) is -2.34. The second-order valence-electron chi connectivity index (χ2n) is 4.94. The minimum Gasteiger partial charge on any atom is -0.481 e. The lowest BCUT2D eigenvalue weighted by atomic mass is 10.2. The molecule has 0 aliphatic rings. The predicted molar refractivity (Wildman–Crippen MR) is 88.8 cm³/mol. The van der Waals surface area contributed by atoms with E-state index in [0.29, 0.717) is 12.2 Å². The molecular weight excluding hydrogens is 356 g/mol. The minimum atomic E-state index is -1.60. The standard InChI is InChI=1S/C13H22N4O7S/c1-25-3-2-7(14)12(22)16-5-9(18)15-6-10(19)17-8(13(23)24)4-11(20)21/h7-8H,2-6,14H2,1H3,(H,15,18)(H,16,22)(H,17,19)(H,20,21)(H,23,24). The first-order valence-corrected chi connectivity index (χ1v) is 8.59. The van der Waals surface area contributed by atoms with Gasteiger partial charge in [-0.15, -0.1) is 0 Å². The second-order valence-corrected chi connectivity index (χ2v) is 5.92. The van der Waals surface area contributed by atoms with Crippen LogP contribution in [0.25, 0.3) is 0 Å². The van der Waals surface area contributed by atoms with E-state index in [1.54, 1.807) is 0 Å². The fourth-order valence-corrected chi connectivity index (χ4v) is 2.03. The van der Waals surface area contributed by atoms with Crippen molar-refractivity contribution >= 4 is 41.4 Å². The Balaban J connectivity index is 4.15. The lowest BCUT2D eigenvalue weighted by Gasteiger charge is -2.13. The lowest BCUT2D eigenvalue weighted by molar-refractivity contribution is -0.147. The predicted octanol–water partition coefficient (Wildman–Crippen LogP) is -2.66. The van der Waals surface area contributed by atoms with E-state index in [1.165, 1.54) is 11.8 Å². The van der Waals surface area contributed by atoms with Crippen LogP contribution >= 0.6 is 11.8 Å². The van der Waals surface area contributed by atoms with Gasteiger partial charge >= 0.3 is 11.9 Å². The normalized spacial score (nSPS) is 12.6. The van der Waals surface area contributed by atoms with Gasteiger partial charge in [0, 0.05) is 0 Å². The van der Waals surface area contributed by atoms with E-state index in [2.05, 4.69) is 10.6 Å². The number of nitrogens with one attached hydrogen (secondary N) is 3. The van der Waals surface area contributed by atoms with Crippen LogP contribution in [0.15, 0.2) is 0 Å². The third-order valence-corrected chi connectivity index (χ3v) is 3.50. The number of carbonyl (C=O) groups is 5. The molecule has 0 heterocycles. The first kappa shape index (κ1) is 22.7. The van der Waals surface area contributed by atoms with Crippen LogP contribution in [-0.4, -0.2) is 77.1 Å². The van der Waals surface area contributed by atoms with Gasteiger partial charge in [0.25, 0.3) is 0 Å². The van der Waals surface area contributed by atoms with Crippen molar-refractivity contribution in [2.75, 3.05) is 25.1 Å². The van der Waals surface area contributed by atoms with Gasteiger partial charge in [0.15, 0.2) is 0 Å². The minimum absolute atomic E-state index is 0.392. The molecule has 3 amide bonds. The van der Waals surface area contributed by atoms with Crippen molar-refractivity contribution in [3.05, 3.63) is 0 Å². The fourth-order valence-electron chi connectivity index (χ4n) is 1.54. The van der Waals surface area contributed by atoms with Gasteiger partial charge in [-0.05, 0) is 18.4 Å². The van der Waals surface area contributed by atoms with Crippen molar-refractivity contribution < 1.29 is 34.2 Å². The number of rotatable bonds is 12. The van der Waals surface area contributed by atoms with Crippen molar-refractivity contribution in [2.24, 2.45) is 5.73 Å². The molecule has 2 unspecified atom stereocenters. The first-order valence-electron chi connectivity index (χ1n) is 7.20. The first-order chi connectivity index (χ1) is 11.7. The molecule has 0 aliphatic carbocycles. The summed E-state index contributed by atoms with van der Waals surface area (Å²) in [6.07, 6.45) is 1.53. The van der Waals surface area contributed by atoms with Gasteiger partial charge in [-0.25, -0.2) is 4.79 Å². The molecule has 12 heteroatoms. The number of nitrogens with two attached hydrogens (primary N) is 1. The highest BCUT2D eigenvalue weighted by atomic mass is 32.2. The molecule has 0 radical (unpaired) electrons. The Morgan fingerprint density at radius 1 is 1.04 bits per heavy atom. The average Bonchev–Trinajstić information content (AvgIpc) is 2.54. The largest absolute Gasteiger partial charge is 0.481 e. The molecule has 0 saturated carbocycles. The lowest BCUT2D eigenvalue weighted by Crippen LogP contribution is -2.49. The van der Waals surface area contributed by atoms with Gasteiger partial charge in [-0.3, -0.25) is 19.2 Å². The van der Waals surface area contributed by atoms with Gasteiger partial charge in [0.05, 0.1) is 25.6 Å². The molecule has 0 aromatic heterocycles. The summed E-state index contributed by atoms with van der Waals surface area (Å²) in [7, 11) is 0. The zero-order valence-electron chi connectivity index (χ0n) is 13.6. The van der Waals surface area contributed by atoms with Crippen LogP contribution in [0.5, 0.6) is 0 Å². The van der Waals surface area contributed by atoms with Crippen molar-refractivity contribution in [1.29, 1.82) is 0 Å². The molecule has 0 bridgehead atoms. The quantitative estimate of drug-likeness (QED) is 0.211. The Bertz CT molecular complexity index is 515. The monoisotopic (exact) mass is 378 g/mol. The number of carbonyl (C=O) groups excluding carboxylic acids is 3. The topological polar surface area (TPSA) is 188 Å². The van der Waals surface area contributed by atoms with Crippen LogP contribution < -0.4 is 21.7 Å². The summed E-state index contributed by atoms with van der Waals surface area (Å²) in [5.74, 6) is -4.25. The molecular formula is C13H22N4O7S. The van der Waals surface area contributed by atoms with Crippen molar-refractivity contribution in [3.8, 4) is 0 Å². The van der Waals surface area contributed by atoms with E-state index >= 15 is 0 Å². The molecule has 2 atom stereocenters. The molecule has 25 heavy (non-hydrogen) atoms. The van der Waals surface area contributed by atoms with Gasteiger partial charge < -0.3 is 31.9 Å². The Morgan fingerprint density at radius 2 is 1.64 bits per heavy atom. The number of aliphatic carboxylic acids is 2. The number of hydrogen-bond donors (Lipinski definition) is 6. The van der Waals surface area contributed by atoms with Gasteiger partial charge in [-0.1, -0.05) is 0 Å². The molecule has 0 saturated heterocycles. The van der Waals surface area contributed by atoms with Crippen molar-refractivity contribution in [1.82, 2.24) is 16.0 Å². The number of carboxylic acids is 2. The van der Waals surface area contributed by atoms with Crippen LogP contribution in [-0.2, 0) is 24.0 Å². The maximum Gasteiger partial charge on any atom is 0.326 e. The molecule has 0 fully saturated rings. The fraction of sp³-hybridized carbons (Fsp3) is 0.615. The van der Waals surface area contributed by atoms with E-state index in [-0.39, 0.29) is 0 Å².